The molecule has 1 saturated carbocycles. The molecule has 0 saturated heterocycles. The largest absolute Gasteiger partial charge is 0.294 e. The molecule has 0 heterocycles. The Balaban J connectivity index is 2.30. The fourth-order valence-corrected chi connectivity index (χ4v) is 1.38. The molecule has 0 radical (unpaired) electrons. The lowest BCUT2D eigenvalue weighted by Gasteiger charge is -2.00. The first-order valence-electron chi connectivity index (χ1n) is 4.21. The van der Waals surface area contributed by atoms with E-state index in [0.717, 1.165) is 12.8 Å². The summed E-state index contributed by atoms with van der Waals surface area (Å²) in [6.07, 6.45) is 1.89. The number of benzene rings is 1. The van der Waals surface area contributed by atoms with Crippen LogP contribution in [0.4, 0.5) is 4.39 Å². The summed E-state index contributed by atoms with van der Waals surface area (Å²) >= 11 is 3.89. The van der Waals surface area contributed by atoms with Crippen molar-refractivity contribution >= 4 is 18.4 Å². The zero-order valence-electron chi connectivity index (χ0n) is 6.96. The van der Waals surface area contributed by atoms with Gasteiger partial charge in [-0.1, -0.05) is 6.07 Å². The van der Waals surface area contributed by atoms with Gasteiger partial charge in [0.05, 0.1) is 0 Å². The van der Waals surface area contributed by atoms with E-state index in [2.05, 4.69) is 12.6 Å². The van der Waals surface area contributed by atoms with Gasteiger partial charge in [-0.25, -0.2) is 4.39 Å². The highest BCUT2D eigenvalue weighted by Crippen LogP contribution is 2.33. The van der Waals surface area contributed by atoms with E-state index in [1.54, 1.807) is 6.07 Å². The molecule has 2 rings (SSSR count). The van der Waals surface area contributed by atoms with Crippen LogP contribution in [-0.2, 0) is 0 Å². The number of halogens is 1. The zero-order chi connectivity index (χ0) is 9.42. The third kappa shape index (κ3) is 1.75. The van der Waals surface area contributed by atoms with Crippen molar-refractivity contribution in [1.29, 1.82) is 0 Å². The van der Waals surface area contributed by atoms with Gasteiger partial charge in [-0.2, -0.15) is 0 Å². The van der Waals surface area contributed by atoms with Crippen LogP contribution in [0.25, 0.3) is 0 Å². The fraction of sp³-hybridized carbons (Fsp3) is 0.300. The number of rotatable bonds is 2. The highest BCUT2D eigenvalue weighted by Gasteiger charge is 2.30. The summed E-state index contributed by atoms with van der Waals surface area (Å²) in [5, 5.41) is 0. The lowest BCUT2D eigenvalue weighted by Crippen LogP contribution is -2.01. The second-order valence-corrected chi connectivity index (χ2v) is 3.79. The van der Waals surface area contributed by atoms with Gasteiger partial charge in [0.15, 0.2) is 5.78 Å². The maximum Gasteiger partial charge on any atom is 0.166 e. The topological polar surface area (TPSA) is 17.1 Å². The van der Waals surface area contributed by atoms with E-state index in [0.29, 0.717) is 5.56 Å². The van der Waals surface area contributed by atoms with Gasteiger partial charge in [-0.3, -0.25) is 4.79 Å². The predicted molar refractivity (Wildman–Crippen MR) is 50.7 cm³/mol. The molecule has 0 bridgehead atoms. The Labute approximate surface area is 81.4 Å². The van der Waals surface area contributed by atoms with Gasteiger partial charge >= 0.3 is 0 Å². The average Bonchev–Trinajstić information content (AvgIpc) is 2.91. The molecule has 13 heavy (non-hydrogen) atoms. The summed E-state index contributed by atoms with van der Waals surface area (Å²) in [5.41, 5.74) is 0.470. The Morgan fingerprint density at radius 3 is 2.69 bits per heavy atom. The van der Waals surface area contributed by atoms with Crippen LogP contribution in [0.3, 0.4) is 0 Å². The minimum atomic E-state index is -0.421. The third-order valence-electron chi connectivity index (χ3n) is 2.18. The molecule has 1 aliphatic carbocycles. The van der Waals surface area contributed by atoms with E-state index < -0.39 is 5.82 Å². The van der Waals surface area contributed by atoms with Gasteiger partial charge in [0.25, 0.3) is 0 Å². The van der Waals surface area contributed by atoms with Crippen molar-refractivity contribution in [2.24, 2.45) is 5.92 Å². The standard InChI is InChI=1S/C10H9FOS/c11-8-5-7(3-4-9(8)13)10(12)6-1-2-6/h3-6,13H,1-2H2. The molecule has 1 fully saturated rings. The first kappa shape index (κ1) is 8.75. The molecule has 0 amide bonds. The first-order valence-corrected chi connectivity index (χ1v) is 4.66. The van der Waals surface area contributed by atoms with Crippen LogP contribution in [0.2, 0.25) is 0 Å². The minimum absolute atomic E-state index is 0.0623. The summed E-state index contributed by atoms with van der Waals surface area (Å²) in [6, 6.07) is 4.42. The highest BCUT2D eigenvalue weighted by atomic mass is 32.1. The van der Waals surface area contributed by atoms with Crippen molar-refractivity contribution in [2.75, 3.05) is 0 Å². The summed E-state index contributed by atoms with van der Waals surface area (Å²) in [7, 11) is 0. The van der Waals surface area contributed by atoms with Crippen molar-refractivity contribution in [3.63, 3.8) is 0 Å². The Kier molecular flexibility index (Phi) is 2.12. The van der Waals surface area contributed by atoms with E-state index in [-0.39, 0.29) is 16.6 Å². The van der Waals surface area contributed by atoms with Crippen molar-refractivity contribution in [1.82, 2.24) is 0 Å². The Morgan fingerprint density at radius 1 is 1.46 bits per heavy atom. The molecule has 1 aromatic carbocycles. The van der Waals surface area contributed by atoms with E-state index in [1.165, 1.54) is 12.1 Å². The van der Waals surface area contributed by atoms with Gasteiger partial charge in [0.2, 0.25) is 0 Å². The predicted octanol–water partition coefficient (Wildman–Crippen LogP) is 2.71. The van der Waals surface area contributed by atoms with E-state index in [9.17, 15) is 9.18 Å². The molecule has 1 aliphatic rings. The van der Waals surface area contributed by atoms with Crippen LogP contribution in [0.5, 0.6) is 0 Å². The molecular formula is C10H9FOS. The maximum atomic E-state index is 13.0. The van der Waals surface area contributed by atoms with E-state index in [4.69, 9.17) is 0 Å². The summed E-state index contributed by atoms with van der Waals surface area (Å²) < 4.78 is 13.0. The Bertz CT molecular complexity index is 358. The SMILES string of the molecule is O=C(c1ccc(S)c(F)c1)C1CC1. The zero-order valence-corrected chi connectivity index (χ0v) is 7.85. The van der Waals surface area contributed by atoms with Gasteiger partial charge < -0.3 is 0 Å². The first-order chi connectivity index (χ1) is 6.18. The monoisotopic (exact) mass is 196 g/mol. The van der Waals surface area contributed by atoms with Gasteiger partial charge in [-0.05, 0) is 25.0 Å². The highest BCUT2D eigenvalue weighted by molar-refractivity contribution is 7.80. The van der Waals surface area contributed by atoms with Crippen LogP contribution in [0.1, 0.15) is 23.2 Å². The fourth-order valence-electron chi connectivity index (χ4n) is 1.24. The lowest BCUT2D eigenvalue weighted by atomic mass is 10.1. The molecule has 0 aromatic heterocycles. The van der Waals surface area contributed by atoms with Crippen LogP contribution in [0.15, 0.2) is 23.1 Å². The summed E-state index contributed by atoms with van der Waals surface area (Å²) in [5.74, 6) is -0.216. The number of carbonyl (C=O) groups excluding carboxylic acids is 1. The average molecular weight is 196 g/mol. The van der Waals surface area contributed by atoms with E-state index >= 15 is 0 Å². The normalized spacial score (nSPS) is 15.8. The second kappa shape index (κ2) is 3.14. The molecule has 3 heteroatoms. The molecule has 0 N–H and O–H groups in total. The number of Topliss-reactive ketones (excluding diaryl/α,β-unsaturated/α-hetero) is 1. The molecule has 0 aliphatic heterocycles. The Hall–Kier alpha value is -0.830. The lowest BCUT2D eigenvalue weighted by molar-refractivity contribution is 0.0967. The molecule has 68 valence electrons. The van der Waals surface area contributed by atoms with Crippen molar-refractivity contribution in [3.8, 4) is 0 Å². The molecule has 1 aromatic rings. The molecule has 0 atom stereocenters. The Morgan fingerprint density at radius 2 is 2.15 bits per heavy atom. The number of hydrogen-bond donors (Lipinski definition) is 1. The number of carbonyl (C=O) groups is 1. The number of ketones is 1. The van der Waals surface area contributed by atoms with Crippen LogP contribution < -0.4 is 0 Å². The summed E-state index contributed by atoms with van der Waals surface area (Å²) in [4.78, 5) is 11.8. The maximum absolute atomic E-state index is 13.0. The van der Waals surface area contributed by atoms with Crippen LogP contribution >= 0.6 is 12.6 Å². The minimum Gasteiger partial charge on any atom is -0.294 e. The molecular weight excluding hydrogens is 187 g/mol. The van der Waals surface area contributed by atoms with E-state index in [1.807, 2.05) is 0 Å². The quantitative estimate of drug-likeness (QED) is 0.568. The van der Waals surface area contributed by atoms with Gasteiger partial charge in [0.1, 0.15) is 5.82 Å². The molecule has 0 unspecified atom stereocenters. The van der Waals surface area contributed by atoms with Gasteiger partial charge in [-0.15, -0.1) is 12.6 Å². The summed E-state index contributed by atoms with van der Waals surface area (Å²) in [6.45, 7) is 0. The second-order valence-electron chi connectivity index (χ2n) is 3.30. The smallest absolute Gasteiger partial charge is 0.166 e. The van der Waals surface area contributed by atoms with Gasteiger partial charge in [0, 0.05) is 16.4 Å². The number of thiol groups is 1. The van der Waals surface area contributed by atoms with Crippen molar-refractivity contribution in [3.05, 3.63) is 29.6 Å². The van der Waals surface area contributed by atoms with Crippen molar-refractivity contribution in [2.45, 2.75) is 17.7 Å². The number of hydrogen-bond acceptors (Lipinski definition) is 2. The van der Waals surface area contributed by atoms with Crippen molar-refractivity contribution < 1.29 is 9.18 Å². The van der Waals surface area contributed by atoms with Crippen LogP contribution in [-0.4, -0.2) is 5.78 Å². The molecule has 1 nitrogen and oxygen atoms in total. The third-order valence-corrected chi connectivity index (χ3v) is 2.54. The molecule has 0 spiro atoms. The van der Waals surface area contributed by atoms with Crippen LogP contribution in [0, 0.1) is 11.7 Å².